The SMILES string of the molecule is CC/C1=C(N2CCN(c3ccccc3)CC2)/N=C(Nc2cccc(S(C)(=O)=O)c2)\C(C(N)=O)=C\CC1C. The highest BCUT2D eigenvalue weighted by atomic mass is 32.2. The van der Waals surface area contributed by atoms with Crippen LogP contribution in [0.15, 0.2) is 87.5 Å². The van der Waals surface area contributed by atoms with E-state index in [2.05, 4.69) is 53.2 Å². The molecule has 0 radical (unpaired) electrons. The number of rotatable bonds is 6. The van der Waals surface area contributed by atoms with Crippen molar-refractivity contribution >= 4 is 33.0 Å². The topological polar surface area (TPSA) is 108 Å². The average Bonchev–Trinajstić information content (AvgIpc) is 2.87. The second-order valence-electron chi connectivity index (χ2n) is 9.52. The second kappa shape index (κ2) is 11.2. The van der Waals surface area contributed by atoms with Crippen LogP contribution in [0, 0.1) is 5.92 Å². The average molecular weight is 522 g/mol. The number of nitrogens with one attached hydrogen (secondary N) is 1. The predicted molar refractivity (Wildman–Crippen MR) is 149 cm³/mol. The van der Waals surface area contributed by atoms with E-state index in [0.29, 0.717) is 23.5 Å². The van der Waals surface area contributed by atoms with Gasteiger partial charge in [0.05, 0.1) is 10.5 Å². The van der Waals surface area contributed by atoms with Crippen molar-refractivity contribution in [3.8, 4) is 0 Å². The van der Waals surface area contributed by atoms with E-state index in [-0.39, 0.29) is 10.8 Å². The van der Waals surface area contributed by atoms with Gasteiger partial charge in [-0.05, 0) is 54.7 Å². The number of piperazine rings is 1. The molecule has 1 unspecified atom stereocenters. The standard InChI is InChI=1S/C28H35N5O3S/c1-4-24-20(2)13-14-25(26(29)34)27(30-21-9-8-12-23(19-21)37(3,35)36)31-28(24)33-17-15-32(16-18-33)22-10-6-5-7-11-22/h5-12,14,19-20H,4,13,15-18H2,1-3H3,(H2,29,34)(H,30,31)/b25-14+,28-24+. The third-order valence-corrected chi connectivity index (χ3v) is 8.01. The molecule has 0 aliphatic carbocycles. The first-order valence-electron chi connectivity index (χ1n) is 12.6. The Labute approximate surface area is 219 Å². The molecular formula is C28H35N5O3S. The monoisotopic (exact) mass is 521 g/mol. The van der Waals surface area contributed by atoms with Crippen LogP contribution in [0.3, 0.4) is 0 Å². The Kier molecular flexibility index (Phi) is 8.02. The van der Waals surface area contributed by atoms with E-state index in [1.807, 2.05) is 12.1 Å². The van der Waals surface area contributed by atoms with Gasteiger partial charge in [0, 0.05) is 43.8 Å². The van der Waals surface area contributed by atoms with Crippen molar-refractivity contribution in [1.29, 1.82) is 0 Å². The quantitative estimate of drug-likeness (QED) is 0.599. The summed E-state index contributed by atoms with van der Waals surface area (Å²) in [4.78, 5) is 22.3. The maximum atomic E-state index is 12.5. The van der Waals surface area contributed by atoms with Gasteiger partial charge in [-0.1, -0.05) is 44.2 Å². The van der Waals surface area contributed by atoms with Crippen molar-refractivity contribution < 1.29 is 13.2 Å². The lowest BCUT2D eigenvalue weighted by Gasteiger charge is -2.39. The Bertz CT molecular complexity index is 1340. The fraction of sp³-hybridized carbons (Fsp3) is 0.357. The van der Waals surface area contributed by atoms with Gasteiger partial charge in [0.15, 0.2) is 9.84 Å². The molecule has 0 aromatic heterocycles. The number of carbonyl (C=O) groups is 1. The summed E-state index contributed by atoms with van der Waals surface area (Å²) in [6, 6.07) is 16.9. The van der Waals surface area contributed by atoms with Crippen LogP contribution >= 0.6 is 0 Å². The number of amides is 1. The van der Waals surface area contributed by atoms with Crippen molar-refractivity contribution in [2.24, 2.45) is 16.6 Å². The number of aliphatic imine (C=N–C) groups is 1. The maximum Gasteiger partial charge on any atom is 0.252 e. The lowest BCUT2D eigenvalue weighted by molar-refractivity contribution is -0.114. The Morgan fingerprint density at radius 2 is 1.73 bits per heavy atom. The summed E-state index contributed by atoms with van der Waals surface area (Å²) < 4.78 is 24.2. The number of anilines is 2. The van der Waals surface area contributed by atoms with Gasteiger partial charge < -0.3 is 20.9 Å². The molecule has 1 saturated heterocycles. The molecule has 2 heterocycles. The van der Waals surface area contributed by atoms with Crippen LogP contribution in [0.25, 0.3) is 0 Å². The van der Waals surface area contributed by atoms with Crippen LogP contribution in [-0.4, -0.2) is 57.5 Å². The van der Waals surface area contributed by atoms with E-state index < -0.39 is 15.7 Å². The number of para-hydroxylation sites is 1. The smallest absolute Gasteiger partial charge is 0.252 e. The number of allylic oxidation sites excluding steroid dienone is 2. The molecule has 9 heteroatoms. The van der Waals surface area contributed by atoms with Crippen LogP contribution in [0.5, 0.6) is 0 Å². The molecule has 0 spiro atoms. The molecule has 1 atom stereocenters. The summed E-state index contributed by atoms with van der Waals surface area (Å²) in [6.45, 7) is 7.56. The Hall–Kier alpha value is -3.59. The fourth-order valence-corrected chi connectivity index (χ4v) is 5.51. The minimum atomic E-state index is -3.39. The molecule has 3 N–H and O–H groups in total. The van der Waals surface area contributed by atoms with Crippen molar-refractivity contribution in [1.82, 2.24) is 4.90 Å². The molecular weight excluding hydrogens is 486 g/mol. The summed E-state index contributed by atoms with van der Waals surface area (Å²) in [7, 11) is -3.39. The Balaban J connectivity index is 1.71. The third-order valence-electron chi connectivity index (χ3n) is 6.90. The summed E-state index contributed by atoms with van der Waals surface area (Å²) in [5.74, 6) is 0.805. The normalized spacial score (nSPS) is 23.8. The highest BCUT2D eigenvalue weighted by Gasteiger charge is 2.26. The maximum absolute atomic E-state index is 12.5. The molecule has 37 heavy (non-hydrogen) atoms. The van der Waals surface area contributed by atoms with Gasteiger partial charge in [-0.3, -0.25) is 4.79 Å². The van der Waals surface area contributed by atoms with Crippen LogP contribution in [0.4, 0.5) is 11.4 Å². The highest BCUT2D eigenvalue weighted by molar-refractivity contribution is 7.90. The number of nitrogens with two attached hydrogens (primary N) is 1. The number of hydrogen-bond donors (Lipinski definition) is 2. The lowest BCUT2D eigenvalue weighted by Crippen LogP contribution is -2.46. The van der Waals surface area contributed by atoms with E-state index in [4.69, 9.17) is 10.7 Å². The van der Waals surface area contributed by atoms with Crippen LogP contribution in [-0.2, 0) is 14.6 Å². The molecule has 0 bridgehead atoms. The molecule has 4 rings (SSSR count). The summed E-state index contributed by atoms with van der Waals surface area (Å²) >= 11 is 0. The molecule has 1 fully saturated rings. The van der Waals surface area contributed by atoms with E-state index >= 15 is 0 Å². The van der Waals surface area contributed by atoms with Crippen LogP contribution in [0.1, 0.15) is 26.7 Å². The van der Waals surface area contributed by atoms with Crippen molar-refractivity contribution in [2.45, 2.75) is 31.6 Å². The molecule has 2 aromatic rings. The first kappa shape index (κ1) is 26.5. The van der Waals surface area contributed by atoms with E-state index in [0.717, 1.165) is 38.4 Å². The molecule has 0 saturated carbocycles. The van der Waals surface area contributed by atoms with Gasteiger partial charge in [0.25, 0.3) is 5.91 Å². The number of benzene rings is 2. The second-order valence-corrected chi connectivity index (χ2v) is 11.5. The number of amidine groups is 1. The lowest BCUT2D eigenvalue weighted by atomic mass is 9.92. The van der Waals surface area contributed by atoms with Crippen molar-refractivity contribution in [3.05, 3.63) is 77.6 Å². The number of sulfone groups is 1. The first-order chi connectivity index (χ1) is 17.7. The minimum Gasteiger partial charge on any atom is -0.368 e. The van der Waals surface area contributed by atoms with Crippen LogP contribution in [0.2, 0.25) is 0 Å². The Morgan fingerprint density at radius 1 is 1.05 bits per heavy atom. The van der Waals surface area contributed by atoms with Crippen molar-refractivity contribution in [3.63, 3.8) is 0 Å². The van der Waals surface area contributed by atoms with E-state index in [1.54, 1.807) is 24.3 Å². The first-order valence-corrected chi connectivity index (χ1v) is 14.5. The zero-order valence-corrected chi connectivity index (χ0v) is 22.5. The fourth-order valence-electron chi connectivity index (χ4n) is 4.84. The summed E-state index contributed by atoms with van der Waals surface area (Å²) in [5, 5.41) is 3.20. The molecule has 8 nitrogen and oxygen atoms in total. The molecule has 196 valence electrons. The highest BCUT2D eigenvalue weighted by Crippen LogP contribution is 2.30. The van der Waals surface area contributed by atoms with Crippen LogP contribution < -0.4 is 16.0 Å². The summed E-state index contributed by atoms with van der Waals surface area (Å²) in [6.07, 6.45) is 4.48. The number of hydrogen-bond acceptors (Lipinski definition) is 7. The molecule has 2 aromatic carbocycles. The van der Waals surface area contributed by atoms with Gasteiger partial charge in [-0.15, -0.1) is 0 Å². The van der Waals surface area contributed by atoms with Gasteiger partial charge in [-0.2, -0.15) is 0 Å². The van der Waals surface area contributed by atoms with E-state index in [1.165, 1.54) is 17.5 Å². The Morgan fingerprint density at radius 3 is 2.35 bits per heavy atom. The van der Waals surface area contributed by atoms with Gasteiger partial charge in [-0.25, -0.2) is 13.4 Å². The largest absolute Gasteiger partial charge is 0.368 e. The van der Waals surface area contributed by atoms with Gasteiger partial charge in [0.2, 0.25) is 0 Å². The summed E-state index contributed by atoms with van der Waals surface area (Å²) in [5.41, 5.74) is 9.03. The molecule has 1 amide bonds. The molecule has 2 aliphatic heterocycles. The number of carbonyl (C=O) groups excluding carboxylic acids is 1. The zero-order chi connectivity index (χ0) is 26.6. The molecule has 2 aliphatic rings. The van der Waals surface area contributed by atoms with Crippen molar-refractivity contribution in [2.75, 3.05) is 42.7 Å². The number of nitrogens with zero attached hydrogens (tertiary/aromatic N) is 3. The van der Waals surface area contributed by atoms with E-state index in [9.17, 15) is 13.2 Å². The number of primary amides is 1. The minimum absolute atomic E-state index is 0.184. The van der Waals surface area contributed by atoms with Gasteiger partial charge >= 0.3 is 0 Å². The predicted octanol–water partition coefficient (Wildman–Crippen LogP) is 3.80. The van der Waals surface area contributed by atoms with Gasteiger partial charge in [0.1, 0.15) is 11.7 Å². The zero-order valence-electron chi connectivity index (χ0n) is 21.6. The third kappa shape index (κ3) is 6.22.